The molecule has 0 spiro atoms. The molecule has 0 bridgehead atoms. The van der Waals surface area contributed by atoms with Crippen LogP contribution in [0.15, 0.2) is 24.3 Å². The van der Waals surface area contributed by atoms with Crippen molar-refractivity contribution in [2.24, 2.45) is 11.3 Å². The van der Waals surface area contributed by atoms with Gasteiger partial charge in [0.2, 0.25) is 0 Å². The summed E-state index contributed by atoms with van der Waals surface area (Å²) in [4.78, 5) is 0. The predicted octanol–water partition coefficient (Wildman–Crippen LogP) is 6.13. The van der Waals surface area contributed by atoms with Gasteiger partial charge in [0, 0.05) is 5.33 Å². The Bertz CT molecular complexity index is 390. The molecule has 0 unspecified atom stereocenters. The molecule has 0 amide bonds. The average Bonchev–Trinajstić information content (AvgIpc) is 2.49. The molecule has 2 rings (SSSR count). The second-order valence-corrected chi connectivity index (χ2v) is 7.08. The smallest absolute Gasteiger partial charge is 0.123 e. The van der Waals surface area contributed by atoms with E-state index >= 15 is 0 Å². The molecule has 2 heteroatoms. The first-order chi connectivity index (χ1) is 9.67. The van der Waals surface area contributed by atoms with E-state index in [1.165, 1.54) is 50.5 Å². The molecule has 0 nitrogen and oxygen atoms in total. The second-order valence-electron chi connectivity index (χ2n) is 6.52. The molecule has 1 saturated carbocycles. The van der Waals surface area contributed by atoms with Crippen molar-refractivity contribution in [2.75, 3.05) is 5.33 Å². The largest absolute Gasteiger partial charge is 0.207 e. The van der Waals surface area contributed by atoms with Gasteiger partial charge in [0.1, 0.15) is 5.82 Å². The molecular formula is C18H26BrF. The quantitative estimate of drug-likeness (QED) is 0.546. The third-order valence-electron chi connectivity index (χ3n) is 4.91. The van der Waals surface area contributed by atoms with Crippen LogP contribution in [0, 0.1) is 17.2 Å². The molecule has 0 radical (unpaired) electrons. The van der Waals surface area contributed by atoms with Gasteiger partial charge in [0.15, 0.2) is 0 Å². The van der Waals surface area contributed by atoms with E-state index in [1.54, 1.807) is 12.1 Å². The molecule has 112 valence electrons. The summed E-state index contributed by atoms with van der Waals surface area (Å²) in [6, 6.07) is 7.07. The molecule has 0 heterocycles. The molecular weight excluding hydrogens is 315 g/mol. The molecule has 1 aliphatic carbocycles. The van der Waals surface area contributed by atoms with Crippen LogP contribution in [0.4, 0.5) is 4.39 Å². The van der Waals surface area contributed by atoms with Gasteiger partial charge in [0.05, 0.1) is 0 Å². The van der Waals surface area contributed by atoms with Crippen molar-refractivity contribution in [2.45, 2.75) is 58.3 Å². The molecule has 1 fully saturated rings. The summed E-state index contributed by atoms with van der Waals surface area (Å²) < 4.78 is 13.0. The minimum atomic E-state index is -0.134. The molecule has 1 aliphatic rings. The second kappa shape index (κ2) is 7.59. The Kier molecular flexibility index (Phi) is 6.07. The molecule has 0 atom stereocenters. The van der Waals surface area contributed by atoms with Crippen LogP contribution in [0.3, 0.4) is 0 Å². The normalized spacial score (nSPS) is 26.6. The molecule has 0 aliphatic heterocycles. The van der Waals surface area contributed by atoms with Crippen LogP contribution in [0.5, 0.6) is 0 Å². The minimum Gasteiger partial charge on any atom is -0.207 e. The first kappa shape index (κ1) is 16.0. The van der Waals surface area contributed by atoms with Crippen molar-refractivity contribution in [1.29, 1.82) is 0 Å². The van der Waals surface area contributed by atoms with Crippen LogP contribution >= 0.6 is 15.9 Å². The van der Waals surface area contributed by atoms with Gasteiger partial charge in [-0.15, -0.1) is 0 Å². The Balaban J connectivity index is 1.92. The van der Waals surface area contributed by atoms with Crippen LogP contribution in [-0.4, -0.2) is 5.33 Å². The van der Waals surface area contributed by atoms with Gasteiger partial charge < -0.3 is 0 Å². The molecule has 1 aromatic carbocycles. The zero-order valence-corrected chi connectivity index (χ0v) is 14.1. The lowest BCUT2D eigenvalue weighted by Gasteiger charge is -2.39. The first-order valence-corrected chi connectivity index (χ1v) is 9.10. The maximum atomic E-state index is 13.0. The lowest BCUT2D eigenvalue weighted by molar-refractivity contribution is 0.168. The van der Waals surface area contributed by atoms with Crippen LogP contribution < -0.4 is 0 Å². The van der Waals surface area contributed by atoms with E-state index in [1.807, 2.05) is 12.1 Å². The fourth-order valence-electron chi connectivity index (χ4n) is 3.46. The van der Waals surface area contributed by atoms with E-state index in [-0.39, 0.29) is 5.82 Å². The number of rotatable bonds is 6. The molecule has 0 saturated heterocycles. The average molecular weight is 341 g/mol. The Hall–Kier alpha value is -0.370. The van der Waals surface area contributed by atoms with E-state index in [9.17, 15) is 4.39 Å². The highest BCUT2D eigenvalue weighted by Crippen LogP contribution is 2.44. The predicted molar refractivity (Wildman–Crippen MR) is 87.8 cm³/mol. The number of hydrogen-bond acceptors (Lipinski definition) is 0. The van der Waals surface area contributed by atoms with Crippen LogP contribution in [0.2, 0.25) is 0 Å². The number of benzene rings is 1. The third-order valence-corrected chi connectivity index (χ3v) is 6.10. The highest BCUT2D eigenvalue weighted by atomic mass is 79.9. The van der Waals surface area contributed by atoms with E-state index < -0.39 is 0 Å². The van der Waals surface area contributed by atoms with Gasteiger partial charge in [-0.3, -0.25) is 0 Å². The maximum absolute atomic E-state index is 13.0. The highest BCUT2D eigenvalue weighted by molar-refractivity contribution is 9.09. The fraction of sp³-hybridized carbons (Fsp3) is 0.667. The molecule has 1 aromatic rings. The Labute approximate surface area is 131 Å². The van der Waals surface area contributed by atoms with E-state index in [2.05, 4.69) is 22.9 Å². The summed E-state index contributed by atoms with van der Waals surface area (Å²) in [5.41, 5.74) is 1.67. The standard InChI is InChI=1S/C18H26BrF/c1-2-3-4-15-9-11-18(14-19,12-10-15)13-16-5-7-17(20)8-6-16/h5-8,15H,2-4,9-14H2,1H3. The zero-order chi connectivity index (χ0) is 14.4. The maximum Gasteiger partial charge on any atom is 0.123 e. The zero-order valence-electron chi connectivity index (χ0n) is 12.5. The van der Waals surface area contributed by atoms with Gasteiger partial charge in [-0.2, -0.15) is 0 Å². The summed E-state index contributed by atoms with van der Waals surface area (Å²) in [5, 5.41) is 1.07. The van der Waals surface area contributed by atoms with Gasteiger partial charge in [-0.25, -0.2) is 4.39 Å². The molecule has 0 N–H and O–H groups in total. The SMILES string of the molecule is CCCCC1CCC(CBr)(Cc2ccc(F)cc2)CC1. The molecule has 0 aromatic heterocycles. The summed E-state index contributed by atoms with van der Waals surface area (Å²) in [7, 11) is 0. The van der Waals surface area contributed by atoms with Crippen LogP contribution in [0.25, 0.3) is 0 Å². The van der Waals surface area contributed by atoms with Crippen molar-refractivity contribution in [3.63, 3.8) is 0 Å². The molecule has 20 heavy (non-hydrogen) atoms. The Morgan fingerprint density at radius 3 is 2.40 bits per heavy atom. The van der Waals surface area contributed by atoms with Crippen molar-refractivity contribution >= 4 is 15.9 Å². The monoisotopic (exact) mass is 340 g/mol. The number of unbranched alkanes of at least 4 members (excludes halogenated alkanes) is 1. The van der Waals surface area contributed by atoms with E-state index in [0.717, 1.165) is 17.7 Å². The summed E-state index contributed by atoms with van der Waals surface area (Å²) in [6.45, 7) is 2.28. The van der Waals surface area contributed by atoms with Crippen LogP contribution in [0.1, 0.15) is 57.4 Å². The summed E-state index contributed by atoms with van der Waals surface area (Å²) >= 11 is 3.74. The van der Waals surface area contributed by atoms with Gasteiger partial charge in [0.25, 0.3) is 0 Å². The third kappa shape index (κ3) is 4.31. The van der Waals surface area contributed by atoms with Crippen molar-refractivity contribution in [1.82, 2.24) is 0 Å². The lowest BCUT2D eigenvalue weighted by Crippen LogP contribution is -2.31. The van der Waals surface area contributed by atoms with Crippen LogP contribution in [-0.2, 0) is 6.42 Å². The Morgan fingerprint density at radius 2 is 1.85 bits per heavy atom. The minimum absolute atomic E-state index is 0.134. The first-order valence-electron chi connectivity index (χ1n) is 7.98. The van der Waals surface area contributed by atoms with Gasteiger partial charge in [-0.1, -0.05) is 54.2 Å². The topological polar surface area (TPSA) is 0 Å². The number of hydrogen-bond donors (Lipinski definition) is 0. The van der Waals surface area contributed by atoms with Crippen molar-refractivity contribution in [3.8, 4) is 0 Å². The van der Waals surface area contributed by atoms with E-state index in [0.29, 0.717) is 5.41 Å². The van der Waals surface area contributed by atoms with Gasteiger partial charge >= 0.3 is 0 Å². The Morgan fingerprint density at radius 1 is 1.20 bits per heavy atom. The van der Waals surface area contributed by atoms with E-state index in [4.69, 9.17) is 0 Å². The number of halogens is 2. The number of alkyl halides is 1. The van der Waals surface area contributed by atoms with Crippen molar-refractivity contribution < 1.29 is 4.39 Å². The van der Waals surface area contributed by atoms with Crippen molar-refractivity contribution in [3.05, 3.63) is 35.6 Å². The van der Waals surface area contributed by atoms with Gasteiger partial charge in [-0.05, 0) is 61.1 Å². The summed E-state index contributed by atoms with van der Waals surface area (Å²) in [6.07, 6.45) is 10.5. The highest BCUT2D eigenvalue weighted by Gasteiger charge is 2.34. The fourth-order valence-corrected chi connectivity index (χ4v) is 4.22. The lowest BCUT2D eigenvalue weighted by atomic mass is 9.68. The summed E-state index contributed by atoms with van der Waals surface area (Å²) in [5.74, 6) is 0.806.